The standard InChI is InChI=1S/C13H9BrCl2O2/c14-9-2-1-8(7-17)13(3-9)18-12-5-10(15)4-11(16)6-12/h1-6,17H,7H2. The van der Waals surface area contributed by atoms with Crippen LogP contribution in [0.2, 0.25) is 10.0 Å². The summed E-state index contributed by atoms with van der Waals surface area (Å²) in [4.78, 5) is 0. The molecular weight excluding hydrogens is 339 g/mol. The summed E-state index contributed by atoms with van der Waals surface area (Å²) in [5, 5.41) is 10.2. The van der Waals surface area contributed by atoms with Gasteiger partial charge in [0.2, 0.25) is 0 Å². The molecule has 94 valence electrons. The highest BCUT2D eigenvalue weighted by atomic mass is 79.9. The number of halogens is 3. The molecule has 0 saturated carbocycles. The third-order valence-corrected chi connectivity index (χ3v) is 3.19. The van der Waals surface area contributed by atoms with E-state index in [4.69, 9.17) is 27.9 Å². The molecule has 0 aliphatic rings. The van der Waals surface area contributed by atoms with Crippen LogP contribution in [-0.2, 0) is 6.61 Å². The maximum absolute atomic E-state index is 9.25. The lowest BCUT2D eigenvalue weighted by molar-refractivity contribution is 0.276. The molecule has 0 aliphatic heterocycles. The maximum atomic E-state index is 9.25. The van der Waals surface area contributed by atoms with Crippen LogP contribution in [0.1, 0.15) is 5.56 Å². The first-order valence-corrected chi connectivity index (χ1v) is 6.66. The van der Waals surface area contributed by atoms with Gasteiger partial charge in [-0.25, -0.2) is 0 Å². The Morgan fingerprint density at radius 2 is 1.72 bits per heavy atom. The van der Waals surface area contributed by atoms with Crippen LogP contribution in [-0.4, -0.2) is 5.11 Å². The van der Waals surface area contributed by atoms with Crippen LogP contribution in [0.5, 0.6) is 11.5 Å². The van der Waals surface area contributed by atoms with Crippen LogP contribution < -0.4 is 4.74 Å². The predicted molar refractivity (Wildman–Crippen MR) is 76.6 cm³/mol. The molecule has 0 heterocycles. The van der Waals surface area contributed by atoms with Gasteiger partial charge in [-0.2, -0.15) is 0 Å². The number of aliphatic hydroxyl groups excluding tert-OH is 1. The highest BCUT2D eigenvalue weighted by molar-refractivity contribution is 9.10. The molecule has 0 spiro atoms. The largest absolute Gasteiger partial charge is 0.457 e. The number of hydrogen-bond donors (Lipinski definition) is 1. The number of aliphatic hydroxyl groups is 1. The summed E-state index contributed by atoms with van der Waals surface area (Å²) in [6, 6.07) is 10.4. The van der Waals surface area contributed by atoms with E-state index in [-0.39, 0.29) is 6.61 Å². The first-order valence-electron chi connectivity index (χ1n) is 5.12. The van der Waals surface area contributed by atoms with Crippen LogP contribution in [0.15, 0.2) is 40.9 Å². The molecule has 0 radical (unpaired) electrons. The fourth-order valence-electron chi connectivity index (χ4n) is 1.47. The number of rotatable bonds is 3. The van der Waals surface area contributed by atoms with Crippen molar-refractivity contribution in [3.05, 3.63) is 56.5 Å². The molecule has 0 amide bonds. The van der Waals surface area contributed by atoms with Crippen molar-refractivity contribution in [3.8, 4) is 11.5 Å². The number of ether oxygens (including phenoxy) is 1. The van der Waals surface area contributed by atoms with Crippen LogP contribution in [0.25, 0.3) is 0 Å². The van der Waals surface area contributed by atoms with Crippen molar-refractivity contribution < 1.29 is 9.84 Å². The van der Waals surface area contributed by atoms with E-state index in [2.05, 4.69) is 15.9 Å². The summed E-state index contributed by atoms with van der Waals surface area (Å²) in [5.41, 5.74) is 0.689. The molecule has 0 fully saturated rings. The van der Waals surface area contributed by atoms with Crippen LogP contribution >= 0.6 is 39.1 Å². The molecule has 2 rings (SSSR count). The normalized spacial score (nSPS) is 10.4. The zero-order valence-electron chi connectivity index (χ0n) is 9.16. The highest BCUT2D eigenvalue weighted by Crippen LogP contribution is 2.31. The SMILES string of the molecule is OCc1ccc(Br)cc1Oc1cc(Cl)cc(Cl)c1. The Bertz CT molecular complexity index is 553. The first kappa shape index (κ1) is 13.7. The molecule has 0 bridgehead atoms. The summed E-state index contributed by atoms with van der Waals surface area (Å²) < 4.78 is 6.55. The summed E-state index contributed by atoms with van der Waals surface area (Å²) in [6.45, 7) is -0.100. The molecule has 0 saturated heterocycles. The Labute approximate surface area is 123 Å². The fraction of sp³-hybridized carbons (Fsp3) is 0.0769. The van der Waals surface area contributed by atoms with Gasteiger partial charge in [0.05, 0.1) is 6.61 Å². The molecule has 5 heteroatoms. The molecular formula is C13H9BrCl2O2. The molecule has 0 unspecified atom stereocenters. The Kier molecular flexibility index (Phi) is 4.51. The Morgan fingerprint density at radius 3 is 2.33 bits per heavy atom. The van der Waals surface area contributed by atoms with E-state index in [0.29, 0.717) is 27.1 Å². The van der Waals surface area contributed by atoms with Gasteiger partial charge in [-0.3, -0.25) is 0 Å². The first-order chi connectivity index (χ1) is 8.58. The second-order valence-electron chi connectivity index (χ2n) is 3.62. The molecule has 0 aromatic heterocycles. The van der Waals surface area contributed by atoms with Crippen molar-refractivity contribution in [1.29, 1.82) is 0 Å². The lowest BCUT2D eigenvalue weighted by Crippen LogP contribution is -1.91. The smallest absolute Gasteiger partial charge is 0.134 e. The highest BCUT2D eigenvalue weighted by Gasteiger charge is 2.06. The van der Waals surface area contributed by atoms with E-state index in [1.54, 1.807) is 30.3 Å². The van der Waals surface area contributed by atoms with Gasteiger partial charge in [0, 0.05) is 20.1 Å². The summed E-state index contributed by atoms with van der Waals surface area (Å²) in [5.74, 6) is 1.09. The quantitative estimate of drug-likeness (QED) is 0.842. The second kappa shape index (κ2) is 5.93. The van der Waals surface area contributed by atoms with Gasteiger partial charge < -0.3 is 9.84 Å². The molecule has 0 aliphatic carbocycles. The van der Waals surface area contributed by atoms with Crippen molar-refractivity contribution in [1.82, 2.24) is 0 Å². The lowest BCUT2D eigenvalue weighted by atomic mass is 10.2. The van der Waals surface area contributed by atoms with E-state index >= 15 is 0 Å². The molecule has 2 aromatic carbocycles. The minimum absolute atomic E-state index is 0.100. The minimum Gasteiger partial charge on any atom is -0.457 e. The van der Waals surface area contributed by atoms with Crippen molar-refractivity contribution in [2.75, 3.05) is 0 Å². The van der Waals surface area contributed by atoms with Crippen LogP contribution in [0.3, 0.4) is 0 Å². The number of benzene rings is 2. The van der Waals surface area contributed by atoms with Crippen molar-refractivity contribution >= 4 is 39.1 Å². The minimum atomic E-state index is -0.100. The third kappa shape index (κ3) is 3.39. The van der Waals surface area contributed by atoms with Gasteiger partial charge in [0.1, 0.15) is 11.5 Å². The Morgan fingerprint density at radius 1 is 1.06 bits per heavy atom. The van der Waals surface area contributed by atoms with Crippen molar-refractivity contribution in [2.45, 2.75) is 6.61 Å². The summed E-state index contributed by atoms with van der Waals surface area (Å²) in [7, 11) is 0. The molecule has 2 nitrogen and oxygen atoms in total. The maximum Gasteiger partial charge on any atom is 0.134 e. The summed E-state index contributed by atoms with van der Waals surface area (Å²) >= 11 is 15.2. The Hall–Kier alpha value is -0.740. The van der Waals surface area contributed by atoms with Crippen LogP contribution in [0.4, 0.5) is 0 Å². The van der Waals surface area contributed by atoms with E-state index in [1.165, 1.54) is 0 Å². The van der Waals surface area contributed by atoms with E-state index in [1.807, 2.05) is 6.07 Å². The van der Waals surface area contributed by atoms with E-state index in [0.717, 1.165) is 4.47 Å². The second-order valence-corrected chi connectivity index (χ2v) is 5.41. The molecule has 1 N–H and O–H groups in total. The lowest BCUT2D eigenvalue weighted by Gasteiger charge is -2.10. The van der Waals surface area contributed by atoms with Gasteiger partial charge in [0.15, 0.2) is 0 Å². The van der Waals surface area contributed by atoms with Gasteiger partial charge in [-0.05, 0) is 30.3 Å². The molecule has 0 atom stereocenters. The molecule has 2 aromatic rings. The van der Waals surface area contributed by atoms with Crippen molar-refractivity contribution in [3.63, 3.8) is 0 Å². The zero-order valence-corrected chi connectivity index (χ0v) is 12.3. The molecule has 18 heavy (non-hydrogen) atoms. The van der Waals surface area contributed by atoms with E-state index in [9.17, 15) is 5.11 Å². The fourth-order valence-corrected chi connectivity index (χ4v) is 2.31. The number of hydrogen-bond acceptors (Lipinski definition) is 2. The summed E-state index contributed by atoms with van der Waals surface area (Å²) in [6.07, 6.45) is 0. The average molecular weight is 348 g/mol. The van der Waals surface area contributed by atoms with E-state index < -0.39 is 0 Å². The zero-order chi connectivity index (χ0) is 13.1. The topological polar surface area (TPSA) is 29.5 Å². The predicted octanol–water partition coefficient (Wildman–Crippen LogP) is 5.04. The van der Waals surface area contributed by atoms with Crippen molar-refractivity contribution in [2.24, 2.45) is 0 Å². The van der Waals surface area contributed by atoms with Crippen LogP contribution in [0, 0.1) is 0 Å². The third-order valence-electron chi connectivity index (χ3n) is 2.26. The van der Waals surface area contributed by atoms with Gasteiger partial charge in [-0.15, -0.1) is 0 Å². The van der Waals surface area contributed by atoms with Gasteiger partial charge >= 0.3 is 0 Å². The monoisotopic (exact) mass is 346 g/mol. The average Bonchev–Trinajstić information content (AvgIpc) is 2.27. The Balaban J connectivity index is 2.35. The van der Waals surface area contributed by atoms with Gasteiger partial charge in [0.25, 0.3) is 0 Å². The van der Waals surface area contributed by atoms with Gasteiger partial charge in [-0.1, -0.05) is 45.2 Å².